The number of aliphatic hydroxyl groups is 1. The van der Waals surface area contributed by atoms with Crippen LogP contribution in [0.25, 0.3) is 0 Å². The molecule has 0 aromatic carbocycles. The highest BCUT2D eigenvalue weighted by Crippen LogP contribution is 2.33. The Hall–Kier alpha value is -0.980. The van der Waals surface area contributed by atoms with Crippen LogP contribution < -0.4 is 0 Å². The summed E-state index contributed by atoms with van der Waals surface area (Å²) in [4.78, 5) is 4.27. The maximum absolute atomic E-state index is 9.56. The molecular weight excluding hydrogens is 224 g/mol. The van der Waals surface area contributed by atoms with Crippen molar-refractivity contribution in [2.24, 2.45) is 0 Å². The van der Waals surface area contributed by atoms with Gasteiger partial charge < -0.3 is 19.1 Å². The molecule has 17 heavy (non-hydrogen) atoms. The molecule has 6 nitrogen and oxygen atoms in total. The first-order chi connectivity index (χ1) is 8.14. The number of hydrogen-bond donors (Lipinski definition) is 1. The molecule has 1 aromatic rings. The average Bonchev–Trinajstić information content (AvgIpc) is 2.88. The third-order valence-corrected chi connectivity index (χ3v) is 2.93. The van der Waals surface area contributed by atoms with Gasteiger partial charge in [-0.3, -0.25) is 0 Å². The van der Waals surface area contributed by atoms with E-state index in [1.165, 1.54) is 7.11 Å². The van der Waals surface area contributed by atoms with Crippen molar-refractivity contribution in [2.45, 2.75) is 37.9 Å². The highest BCUT2D eigenvalue weighted by Gasteiger charge is 2.36. The van der Waals surface area contributed by atoms with Crippen molar-refractivity contribution in [2.75, 3.05) is 20.3 Å². The summed E-state index contributed by atoms with van der Waals surface area (Å²) in [5.74, 6) is 0.982. The van der Waals surface area contributed by atoms with Crippen molar-refractivity contribution < 1.29 is 19.1 Å². The molecule has 2 atom stereocenters. The monoisotopic (exact) mass is 242 g/mol. The van der Waals surface area contributed by atoms with Crippen LogP contribution in [0.1, 0.15) is 31.5 Å². The molecule has 0 spiro atoms. The van der Waals surface area contributed by atoms with Crippen LogP contribution in [0.5, 0.6) is 0 Å². The van der Waals surface area contributed by atoms with Crippen LogP contribution in [0.3, 0.4) is 0 Å². The number of rotatable bonds is 5. The number of hydrogen-bond acceptors (Lipinski definition) is 6. The molecule has 2 heterocycles. The van der Waals surface area contributed by atoms with E-state index in [2.05, 4.69) is 10.1 Å². The summed E-state index contributed by atoms with van der Waals surface area (Å²) in [5, 5.41) is 13.5. The second-order valence-electron chi connectivity index (χ2n) is 4.51. The number of methoxy groups -OCH3 is 1. The molecule has 0 bridgehead atoms. The van der Waals surface area contributed by atoms with E-state index in [0.29, 0.717) is 18.1 Å². The highest BCUT2D eigenvalue weighted by molar-refractivity contribution is 5.01. The van der Waals surface area contributed by atoms with Gasteiger partial charge in [-0.15, -0.1) is 0 Å². The van der Waals surface area contributed by atoms with Crippen LogP contribution in [0, 0.1) is 0 Å². The Morgan fingerprint density at radius 2 is 2.41 bits per heavy atom. The molecule has 2 unspecified atom stereocenters. The lowest BCUT2D eigenvalue weighted by Crippen LogP contribution is -2.22. The molecule has 1 aromatic heterocycles. The van der Waals surface area contributed by atoms with Crippen molar-refractivity contribution in [1.82, 2.24) is 10.1 Å². The number of aliphatic hydroxyl groups excluding tert-OH is 1. The fraction of sp³-hybridized carbons (Fsp3) is 0.818. The maximum atomic E-state index is 9.56. The lowest BCUT2D eigenvalue weighted by atomic mass is 10.0. The lowest BCUT2D eigenvalue weighted by Gasteiger charge is -2.17. The molecule has 0 amide bonds. The third-order valence-electron chi connectivity index (χ3n) is 2.93. The quantitative estimate of drug-likeness (QED) is 0.816. The fourth-order valence-corrected chi connectivity index (χ4v) is 1.96. The van der Waals surface area contributed by atoms with Gasteiger partial charge in [0.05, 0.1) is 19.1 Å². The zero-order chi connectivity index (χ0) is 12.3. The first-order valence-corrected chi connectivity index (χ1v) is 5.78. The Labute approximate surface area is 99.9 Å². The molecule has 96 valence electrons. The zero-order valence-corrected chi connectivity index (χ0v) is 10.2. The summed E-state index contributed by atoms with van der Waals surface area (Å²) in [6.45, 7) is 2.94. The predicted octanol–water partition coefficient (Wildman–Crippen LogP) is 0.645. The van der Waals surface area contributed by atoms with Crippen molar-refractivity contribution in [1.29, 1.82) is 0 Å². The smallest absolute Gasteiger partial charge is 0.229 e. The van der Waals surface area contributed by atoms with Gasteiger partial charge >= 0.3 is 0 Å². The van der Waals surface area contributed by atoms with Crippen molar-refractivity contribution in [3.63, 3.8) is 0 Å². The number of aromatic nitrogens is 2. The summed E-state index contributed by atoms with van der Waals surface area (Å²) in [7, 11) is 1.54. The fourth-order valence-electron chi connectivity index (χ4n) is 1.96. The number of ether oxygens (including phenoxy) is 2. The van der Waals surface area contributed by atoms with Gasteiger partial charge in [-0.1, -0.05) is 5.16 Å². The van der Waals surface area contributed by atoms with Gasteiger partial charge in [0.15, 0.2) is 0 Å². The third kappa shape index (κ3) is 2.83. The summed E-state index contributed by atoms with van der Waals surface area (Å²) in [6.07, 6.45) is 1.58. The minimum atomic E-state index is -0.620. The molecule has 0 aliphatic carbocycles. The molecule has 1 aliphatic rings. The van der Waals surface area contributed by atoms with Crippen LogP contribution in [0.4, 0.5) is 0 Å². The standard InChI is InChI=1S/C11H18N2O4/c1-11(4-3-5-16-11)10-12-9(17-13-10)6-8(14)7-15-2/h8,14H,3-7H2,1-2H3. The summed E-state index contributed by atoms with van der Waals surface area (Å²) in [5.41, 5.74) is -0.437. The molecule has 1 saturated heterocycles. The van der Waals surface area contributed by atoms with Crippen LogP contribution in [0.2, 0.25) is 0 Å². The Morgan fingerprint density at radius 3 is 3.06 bits per heavy atom. The molecule has 0 saturated carbocycles. The summed E-state index contributed by atoms with van der Waals surface area (Å²) in [6, 6.07) is 0. The van der Waals surface area contributed by atoms with E-state index in [0.717, 1.165) is 19.4 Å². The SMILES string of the molecule is COCC(O)Cc1nc(C2(C)CCCO2)no1. The average molecular weight is 242 g/mol. The molecular formula is C11H18N2O4. The van der Waals surface area contributed by atoms with Crippen LogP contribution in [0.15, 0.2) is 4.52 Å². The second-order valence-corrected chi connectivity index (χ2v) is 4.51. The van der Waals surface area contributed by atoms with E-state index >= 15 is 0 Å². The van der Waals surface area contributed by atoms with E-state index in [1.54, 1.807) is 0 Å². The van der Waals surface area contributed by atoms with Gasteiger partial charge in [0.2, 0.25) is 11.7 Å². The summed E-state index contributed by atoms with van der Waals surface area (Å²) >= 11 is 0. The minimum absolute atomic E-state index is 0.255. The molecule has 6 heteroatoms. The van der Waals surface area contributed by atoms with E-state index in [4.69, 9.17) is 14.0 Å². The van der Waals surface area contributed by atoms with Crippen molar-refractivity contribution >= 4 is 0 Å². The van der Waals surface area contributed by atoms with E-state index < -0.39 is 11.7 Å². The Morgan fingerprint density at radius 1 is 1.59 bits per heavy atom. The first kappa shape index (κ1) is 12.5. The molecule has 0 radical (unpaired) electrons. The molecule has 2 rings (SSSR count). The van der Waals surface area contributed by atoms with Gasteiger partial charge in [0.1, 0.15) is 5.60 Å². The Kier molecular flexibility index (Phi) is 3.76. The lowest BCUT2D eigenvalue weighted by molar-refractivity contribution is 0.00768. The van der Waals surface area contributed by atoms with Gasteiger partial charge in [-0.25, -0.2) is 0 Å². The highest BCUT2D eigenvalue weighted by atomic mass is 16.5. The topological polar surface area (TPSA) is 77.6 Å². The van der Waals surface area contributed by atoms with Crippen molar-refractivity contribution in [3.05, 3.63) is 11.7 Å². The predicted molar refractivity (Wildman–Crippen MR) is 58.4 cm³/mol. The zero-order valence-electron chi connectivity index (χ0n) is 10.2. The molecule has 1 aliphatic heterocycles. The van der Waals surface area contributed by atoms with Crippen LogP contribution in [-0.4, -0.2) is 41.7 Å². The van der Waals surface area contributed by atoms with Gasteiger partial charge in [0.25, 0.3) is 0 Å². The largest absolute Gasteiger partial charge is 0.390 e. The second kappa shape index (κ2) is 5.12. The van der Waals surface area contributed by atoms with Gasteiger partial charge in [0, 0.05) is 13.7 Å². The summed E-state index contributed by atoms with van der Waals surface area (Å²) < 4.78 is 15.6. The van der Waals surface area contributed by atoms with E-state index in [1.807, 2.05) is 6.92 Å². The maximum Gasteiger partial charge on any atom is 0.229 e. The minimum Gasteiger partial charge on any atom is -0.390 e. The van der Waals surface area contributed by atoms with E-state index in [9.17, 15) is 5.11 Å². The molecule has 1 fully saturated rings. The normalized spacial score (nSPS) is 26.3. The van der Waals surface area contributed by atoms with Crippen LogP contribution >= 0.6 is 0 Å². The van der Waals surface area contributed by atoms with Gasteiger partial charge in [-0.05, 0) is 19.8 Å². The first-order valence-electron chi connectivity index (χ1n) is 5.78. The Bertz CT molecular complexity index is 360. The van der Waals surface area contributed by atoms with Crippen LogP contribution in [-0.2, 0) is 21.5 Å². The van der Waals surface area contributed by atoms with Crippen molar-refractivity contribution in [3.8, 4) is 0 Å². The number of nitrogens with zero attached hydrogens (tertiary/aromatic N) is 2. The van der Waals surface area contributed by atoms with E-state index in [-0.39, 0.29) is 6.61 Å². The Balaban J connectivity index is 2.00. The van der Waals surface area contributed by atoms with Gasteiger partial charge in [-0.2, -0.15) is 4.98 Å². The molecule has 1 N–H and O–H groups in total.